The van der Waals surface area contributed by atoms with E-state index in [9.17, 15) is 18.4 Å². The smallest absolute Gasteiger partial charge is 0.259 e. The highest BCUT2D eigenvalue weighted by atomic mass is 19.1. The first kappa shape index (κ1) is 21.0. The van der Waals surface area contributed by atoms with E-state index in [0.29, 0.717) is 18.0 Å². The number of halogens is 2. The molecule has 0 radical (unpaired) electrons. The van der Waals surface area contributed by atoms with Crippen molar-refractivity contribution in [2.45, 2.75) is 6.92 Å². The van der Waals surface area contributed by atoms with Crippen LogP contribution in [0.4, 0.5) is 14.5 Å². The summed E-state index contributed by atoms with van der Waals surface area (Å²) >= 11 is 0. The summed E-state index contributed by atoms with van der Waals surface area (Å²) in [5.41, 5.74) is 0.650. The van der Waals surface area contributed by atoms with Gasteiger partial charge in [-0.1, -0.05) is 6.07 Å². The van der Waals surface area contributed by atoms with Crippen molar-refractivity contribution in [3.63, 3.8) is 0 Å². The first-order chi connectivity index (χ1) is 14.4. The van der Waals surface area contributed by atoms with Gasteiger partial charge in [-0.05, 0) is 31.2 Å². The second-order valence-electron chi connectivity index (χ2n) is 6.41. The average molecular weight is 414 g/mol. The summed E-state index contributed by atoms with van der Waals surface area (Å²) in [6.07, 6.45) is 1.45. The molecule has 3 aromatic rings. The molecule has 0 aliphatic rings. The van der Waals surface area contributed by atoms with Crippen LogP contribution in [0.15, 0.2) is 48.7 Å². The van der Waals surface area contributed by atoms with E-state index >= 15 is 0 Å². The lowest BCUT2D eigenvalue weighted by Gasteiger charge is -2.09. The highest BCUT2D eigenvalue weighted by molar-refractivity contribution is 6.08. The molecule has 0 bridgehead atoms. The molecule has 1 aromatic heterocycles. The zero-order chi connectivity index (χ0) is 21.7. The van der Waals surface area contributed by atoms with E-state index in [0.717, 1.165) is 12.1 Å². The molecule has 156 valence electrons. The number of aromatic nitrogens is 2. The number of likely N-dealkylation sites (N-methyl/N-ethyl adjacent to an activating group) is 1. The predicted molar refractivity (Wildman–Crippen MR) is 107 cm³/mol. The number of carbonyl (C=O) groups is 2. The minimum absolute atomic E-state index is 0.0150. The van der Waals surface area contributed by atoms with E-state index < -0.39 is 17.5 Å². The molecular weight excluding hydrogens is 394 g/mol. The van der Waals surface area contributed by atoms with Gasteiger partial charge in [-0.25, -0.2) is 8.78 Å². The van der Waals surface area contributed by atoms with Gasteiger partial charge in [0.2, 0.25) is 0 Å². The van der Waals surface area contributed by atoms with Gasteiger partial charge in [0, 0.05) is 43.2 Å². The number of anilines is 1. The molecule has 0 aliphatic heterocycles. The molecule has 0 aliphatic carbocycles. The molecule has 0 saturated heterocycles. The third-order valence-electron chi connectivity index (χ3n) is 4.10. The quantitative estimate of drug-likeness (QED) is 0.622. The maximum Gasteiger partial charge on any atom is 0.259 e. The maximum absolute atomic E-state index is 14.2. The molecule has 2 amide bonds. The van der Waals surface area contributed by atoms with Crippen LogP contribution in [0.2, 0.25) is 0 Å². The third-order valence-corrected chi connectivity index (χ3v) is 4.10. The van der Waals surface area contributed by atoms with Crippen LogP contribution < -0.4 is 15.4 Å². The predicted octanol–water partition coefficient (Wildman–Crippen LogP) is 3.13. The highest BCUT2D eigenvalue weighted by Crippen LogP contribution is 2.26. The molecule has 2 aromatic carbocycles. The lowest BCUT2D eigenvalue weighted by molar-refractivity contribution is -0.122. The lowest BCUT2D eigenvalue weighted by Crippen LogP contribution is -2.28. The molecule has 1 heterocycles. The average Bonchev–Trinajstić information content (AvgIpc) is 3.08. The van der Waals surface area contributed by atoms with Gasteiger partial charge in [-0.3, -0.25) is 14.3 Å². The maximum atomic E-state index is 14.2. The molecule has 30 heavy (non-hydrogen) atoms. The van der Waals surface area contributed by atoms with Gasteiger partial charge < -0.3 is 15.4 Å². The van der Waals surface area contributed by atoms with Gasteiger partial charge in [0.25, 0.3) is 11.8 Å². The molecule has 0 fully saturated rings. The van der Waals surface area contributed by atoms with Crippen molar-refractivity contribution in [3.8, 4) is 17.0 Å². The zero-order valence-corrected chi connectivity index (χ0v) is 16.4. The van der Waals surface area contributed by atoms with Crippen LogP contribution in [0, 0.1) is 11.6 Å². The van der Waals surface area contributed by atoms with Crippen LogP contribution in [0.1, 0.15) is 17.3 Å². The Morgan fingerprint density at radius 1 is 1.17 bits per heavy atom. The number of nitrogens with one attached hydrogen (secondary N) is 2. The van der Waals surface area contributed by atoms with Crippen LogP contribution >= 0.6 is 0 Å². The van der Waals surface area contributed by atoms with Crippen molar-refractivity contribution < 1.29 is 23.1 Å². The summed E-state index contributed by atoms with van der Waals surface area (Å²) in [4.78, 5) is 24.3. The fraction of sp³-hybridized carbons (Fsp3) is 0.190. The van der Waals surface area contributed by atoms with Crippen LogP contribution in [-0.4, -0.2) is 34.7 Å². The first-order valence-corrected chi connectivity index (χ1v) is 9.17. The number of aryl methyl sites for hydroxylation is 1. The fourth-order valence-electron chi connectivity index (χ4n) is 2.79. The van der Waals surface area contributed by atoms with Crippen LogP contribution in [0.5, 0.6) is 5.75 Å². The van der Waals surface area contributed by atoms with E-state index in [1.807, 2.05) is 0 Å². The van der Waals surface area contributed by atoms with Gasteiger partial charge in [0.15, 0.2) is 6.61 Å². The summed E-state index contributed by atoms with van der Waals surface area (Å²) in [5.74, 6) is -1.92. The molecule has 2 N–H and O–H groups in total. The topological polar surface area (TPSA) is 85.3 Å². The standard InChI is InChI=1S/C21H20F2N4O3/c1-3-24-19(28)12-30-15-6-4-5-14(10-15)25-21(29)17-11-27(2)26-20(17)16-8-7-13(22)9-18(16)23/h4-11H,3,12H2,1-2H3,(H,24,28)(H,25,29). The number of carbonyl (C=O) groups excluding carboxylic acids is 2. The second kappa shape index (κ2) is 9.17. The van der Waals surface area contributed by atoms with Crippen molar-refractivity contribution >= 4 is 17.5 Å². The van der Waals surface area contributed by atoms with Crippen molar-refractivity contribution in [2.75, 3.05) is 18.5 Å². The molecule has 7 nitrogen and oxygen atoms in total. The Morgan fingerprint density at radius 2 is 1.97 bits per heavy atom. The number of amides is 2. The summed E-state index contributed by atoms with van der Waals surface area (Å²) < 4.78 is 34.2. The van der Waals surface area contributed by atoms with E-state index in [1.165, 1.54) is 16.9 Å². The minimum Gasteiger partial charge on any atom is -0.484 e. The van der Waals surface area contributed by atoms with Gasteiger partial charge >= 0.3 is 0 Å². The van der Waals surface area contributed by atoms with E-state index in [1.54, 1.807) is 38.2 Å². The normalized spacial score (nSPS) is 10.5. The molecule has 0 unspecified atom stereocenters. The van der Waals surface area contributed by atoms with Crippen molar-refractivity contribution in [1.82, 2.24) is 15.1 Å². The van der Waals surface area contributed by atoms with Crippen LogP contribution in [-0.2, 0) is 11.8 Å². The second-order valence-corrected chi connectivity index (χ2v) is 6.41. The Balaban J connectivity index is 1.79. The van der Waals surface area contributed by atoms with Gasteiger partial charge in [0.1, 0.15) is 23.1 Å². The number of ether oxygens (including phenoxy) is 1. The van der Waals surface area contributed by atoms with Gasteiger partial charge in [0.05, 0.1) is 5.56 Å². The van der Waals surface area contributed by atoms with Crippen molar-refractivity contribution in [3.05, 3.63) is 65.9 Å². The summed E-state index contributed by atoms with van der Waals surface area (Å²) in [5, 5.41) is 9.46. The third kappa shape index (κ3) is 4.99. The lowest BCUT2D eigenvalue weighted by atomic mass is 10.1. The largest absolute Gasteiger partial charge is 0.484 e. The molecule has 3 rings (SSSR count). The number of hydrogen-bond acceptors (Lipinski definition) is 4. The number of nitrogens with zero attached hydrogens (tertiary/aromatic N) is 2. The monoisotopic (exact) mass is 414 g/mol. The van der Waals surface area contributed by atoms with Crippen molar-refractivity contribution in [1.29, 1.82) is 0 Å². The Hall–Kier alpha value is -3.75. The fourth-order valence-corrected chi connectivity index (χ4v) is 2.79. The molecule has 9 heteroatoms. The highest BCUT2D eigenvalue weighted by Gasteiger charge is 2.20. The Bertz CT molecular complexity index is 1080. The Morgan fingerprint density at radius 3 is 2.70 bits per heavy atom. The number of hydrogen-bond donors (Lipinski definition) is 2. The van der Waals surface area contributed by atoms with Gasteiger partial charge in [-0.2, -0.15) is 5.10 Å². The summed E-state index contributed by atoms with van der Waals surface area (Å²) in [6, 6.07) is 9.59. The zero-order valence-electron chi connectivity index (χ0n) is 16.4. The van der Waals surface area contributed by atoms with E-state index in [2.05, 4.69) is 15.7 Å². The summed E-state index contributed by atoms with van der Waals surface area (Å²) in [7, 11) is 1.59. The number of benzene rings is 2. The molecule has 0 spiro atoms. The van der Waals surface area contributed by atoms with E-state index in [4.69, 9.17) is 4.74 Å². The van der Waals surface area contributed by atoms with Crippen molar-refractivity contribution in [2.24, 2.45) is 7.05 Å². The number of rotatable bonds is 7. The molecule has 0 atom stereocenters. The van der Waals surface area contributed by atoms with Crippen LogP contribution in [0.3, 0.4) is 0 Å². The molecular formula is C21H20F2N4O3. The minimum atomic E-state index is -0.816. The summed E-state index contributed by atoms with van der Waals surface area (Å²) in [6.45, 7) is 2.15. The Kier molecular flexibility index (Phi) is 6.41. The Labute approximate surface area is 171 Å². The van der Waals surface area contributed by atoms with Gasteiger partial charge in [-0.15, -0.1) is 0 Å². The molecule has 0 saturated carbocycles. The SMILES string of the molecule is CCNC(=O)COc1cccc(NC(=O)c2cn(C)nc2-c2ccc(F)cc2F)c1. The van der Waals surface area contributed by atoms with Crippen LogP contribution in [0.25, 0.3) is 11.3 Å². The van der Waals surface area contributed by atoms with E-state index in [-0.39, 0.29) is 29.3 Å². The first-order valence-electron chi connectivity index (χ1n) is 9.17.